The minimum absolute atomic E-state index is 0.101. The van der Waals surface area contributed by atoms with Gasteiger partial charge in [-0.15, -0.1) is 0 Å². The third-order valence-corrected chi connectivity index (χ3v) is 6.86. The summed E-state index contributed by atoms with van der Waals surface area (Å²) in [6, 6.07) is 16.8. The third kappa shape index (κ3) is 7.06. The highest BCUT2D eigenvalue weighted by atomic mass is 79.9. The molecule has 0 fully saturated rings. The molecule has 0 aromatic heterocycles. The smallest absolute Gasteiger partial charge is 0.269 e. The molecule has 3 aromatic carbocycles. The molecule has 2 amide bonds. The van der Waals surface area contributed by atoms with Gasteiger partial charge in [-0.05, 0) is 72.3 Å². The van der Waals surface area contributed by atoms with Crippen molar-refractivity contribution in [2.75, 3.05) is 4.72 Å². The van der Waals surface area contributed by atoms with E-state index in [1.807, 2.05) is 0 Å². The van der Waals surface area contributed by atoms with Crippen LogP contribution in [0.3, 0.4) is 0 Å². The van der Waals surface area contributed by atoms with Crippen molar-refractivity contribution in [2.45, 2.75) is 4.90 Å². The number of carbonyl (C=O) groups excluding carboxylic acids is 2. The Morgan fingerprint density at radius 2 is 1.52 bits per heavy atom. The molecule has 170 valence electrons. The third-order valence-electron chi connectivity index (χ3n) is 4.19. The Hall–Kier alpha value is -2.85. The van der Waals surface area contributed by atoms with Crippen LogP contribution in [0.5, 0.6) is 0 Å². The van der Waals surface area contributed by atoms with E-state index < -0.39 is 21.8 Å². The number of nitrogens with one attached hydrogen (secondary N) is 3. The van der Waals surface area contributed by atoms with Crippen molar-refractivity contribution >= 4 is 72.7 Å². The topological polar surface area (TPSA) is 104 Å². The van der Waals surface area contributed by atoms with E-state index in [2.05, 4.69) is 31.5 Å². The lowest BCUT2D eigenvalue weighted by Gasteiger charge is -2.09. The van der Waals surface area contributed by atoms with Gasteiger partial charge in [0.25, 0.3) is 21.8 Å². The van der Waals surface area contributed by atoms with Crippen LogP contribution >= 0.6 is 39.1 Å². The lowest BCUT2D eigenvalue weighted by atomic mass is 10.2. The maximum atomic E-state index is 12.4. The summed E-state index contributed by atoms with van der Waals surface area (Å²) < 4.78 is 28.1. The zero-order valence-corrected chi connectivity index (χ0v) is 20.6. The van der Waals surface area contributed by atoms with Crippen molar-refractivity contribution in [3.8, 4) is 0 Å². The molecular formula is C22H16BrCl2N3O4S. The monoisotopic (exact) mass is 567 g/mol. The largest absolute Gasteiger partial charge is 0.280 e. The summed E-state index contributed by atoms with van der Waals surface area (Å²) in [5.74, 6) is -1.14. The first kappa shape index (κ1) is 24.8. The van der Waals surface area contributed by atoms with E-state index in [1.54, 1.807) is 30.3 Å². The zero-order chi connectivity index (χ0) is 24.0. The van der Waals surface area contributed by atoms with Crippen molar-refractivity contribution in [1.29, 1.82) is 0 Å². The van der Waals surface area contributed by atoms with Gasteiger partial charge in [-0.2, -0.15) is 0 Å². The fourth-order valence-corrected chi connectivity index (χ4v) is 4.17. The number of carbonyl (C=O) groups is 2. The molecule has 0 radical (unpaired) electrons. The predicted octanol–water partition coefficient (Wildman–Crippen LogP) is 5.03. The molecule has 0 spiro atoms. The first-order chi connectivity index (χ1) is 15.6. The van der Waals surface area contributed by atoms with Gasteiger partial charge in [0.15, 0.2) is 0 Å². The molecule has 7 nitrogen and oxygen atoms in total. The second-order valence-electron chi connectivity index (χ2n) is 6.59. The first-order valence-electron chi connectivity index (χ1n) is 9.26. The van der Waals surface area contributed by atoms with Gasteiger partial charge < -0.3 is 0 Å². The Labute approximate surface area is 208 Å². The fourth-order valence-electron chi connectivity index (χ4n) is 2.54. The number of sulfonamides is 1. The Morgan fingerprint density at radius 1 is 0.848 bits per heavy atom. The molecule has 0 saturated heterocycles. The van der Waals surface area contributed by atoms with E-state index in [0.717, 1.165) is 4.47 Å². The molecule has 0 aliphatic heterocycles. The zero-order valence-electron chi connectivity index (χ0n) is 16.7. The predicted molar refractivity (Wildman–Crippen MR) is 132 cm³/mol. The number of hydrogen-bond acceptors (Lipinski definition) is 4. The first-order valence-corrected chi connectivity index (χ1v) is 12.3. The van der Waals surface area contributed by atoms with Crippen molar-refractivity contribution in [3.63, 3.8) is 0 Å². The lowest BCUT2D eigenvalue weighted by Crippen LogP contribution is -2.40. The molecule has 33 heavy (non-hydrogen) atoms. The Balaban J connectivity index is 1.55. The number of halogens is 3. The summed E-state index contributed by atoms with van der Waals surface area (Å²) >= 11 is 15.0. The van der Waals surface area contributed by atoms with Crippen molar-refractivity contribution in [1.82, 2.24) is 10.9 Å². The number of anilines is 1. The summed E-state index contributed by atoms with van der Waals surface area (Å²) in [6.45, 7) is 0. The van der Waals surface area contributed by atoms with Crippen LogP contribution in [0.25, 0.3) is 6.08 Å². The number of rotatable bonds is 6. The minimum atomic E-state index is -3.77. The van der Waals surface area contributed by atoms with E-state index in [-0.39, 0.29) is 16.1 Å². The van der Waals surface area contributed by atoms with Gasteiger partial charge in [-0.25, -0.2) is 8.42 Å². The van der Waals surface area contributed by atoms with Gasteiger partial charge >= 0.3 is 0 Å². The van der Waals surface area contributed by atoms with Crippen molar-refractivity contribution in [2.24, 2.45) is 0 Å². The molecule has 0 heterocycles. The highest BCUT2D eigenvalue weighted by molar-refractivity contribution is 9.10. The molecule has 3 N–H and O–H groups in total. The average molecular weight is 569 g/mol. The van der Waals surface area contributed by atoms with Crippen LogP contribution in [0.4, 0.5) is 5.69 Å². The maximum absolute atomic E-state index is 12.4. The van der Waals surface area contributed by atoms with Gasteiger partial charge in [0.05, 0.1) is 14.9 Å². The van der Waals surface area contributed by atoms with Gasteiger partial charge in [0.2, 0.25) is 0 Å². The molecule has 0 aliphatic carbocycles. The summed E-state index contributed by atoms with van der Waals surface area (Å²) in [7, 11) is -3.77. The van der Waals surface area contributed by atoms with Crippen LogP contribution in [-0.2, 0) is 14.8 Å². The van der Waals surface area contributed by atoms with Crippen LogP contribution in [0.2, 0.25) is 10.0 Å². The second-order valence-corrected chi connectivity index (χ2v) is 10.00. The molecule has 3 rings (SSSR count). The maximum Gasteiger partial charge on any atom is 0.269 e. The Bertz CT molecular complexity index is 1310. The molecule has 3 aromatic rings. The average Bonchev–Trinajstić information content (AvgIpc) is 2.78. The SMILES string of the molecule is O=C(/C=C/c1ccc(Cl)c(Cl)c1)NNC(=O)c1ccc(NS(=O)(=O)c2ccc(Br)cc2)cc1. The summed E-state index contributed by atoms with van der Waals surface area (Å²) in [6.07, 6.45) is 2.73. The molecular weight excluding hydrogens is 553 g/mol. The van der Waals surface area contributed by atoms with E-state index in [4.69, 9.17) is 23.2 Å². The van der Waals surface area contributed by atoms with Crippen LogP contribution in [0.15, 0.2) is 82.2 Å². The lowest BCUT2D eigenvalue weighted by molar-refractivity contribution is -0.117. The van der Waals surface area contributed by atoms with Crippen LogP contribution in [-0.4, -0.2) is 20.2 Å². The van der Waals surface area contributed by atoms with Crippen LogP contribution < -0.4 is 15.6 Å². The molecule has 11 heteroatoms. The number of hydrogen-bond donors (Lipinski definition) is 3. The van der Waals surface area contributed by atoms with Crippen LogP contribution in [0, 0.1) is 0 Å². The van der Waals surface area contributed by atoms with E-state index in [1.165, 1.54) is 48.6 Å². The molecule has 0 saturated carbocycles. The van der Waals surface area contributed by atoms with E-state index in [9.17, 15) is 18.0 Å². The van der Waals surface area contributed by atoms with E-state index >= 15 is 0 Å². The van der Waals surface area contributed by atoms with Crippen molar-refractivity contribution in [3.05, 3.63) is 98.5 Å². The minimum Gasteiger partial charge on any atom is -0.280 e. The standard InChI is InChI=1S/C22H16BrCl2N3O4S/c23-16-5-9-18(10-6-16)33(31,32)28-17-7-3-15(4-8-17)22(30)27-26-21(29)12-2-14-1-11-19(24)20(25)13-14/h1-13,28H,(H,26,29)(H,27,30)/b12-2+. The summed E-state index contributed by atoms with van der Waals surface area (Å²) in [5, 5.41) is 0.757. The van der Waals surface area contributed by atoms with Gasteiger partial charge in [0, 0.05) is 21.8 Å². The Kier molecular flexibility index (Phi) is 8.15. The van der Waals surface area contributed by atoms with Crippen molar-refractivity contribution < 1.29 is 18.0 Å². The highest BCUT2D eigenvalue weighted by Crippen LogP contribution is 2.23. The molecule has 0 atom stereocenters. The normalized spacial score (nSPS) is 11.2. The van der Waals surface area contributed by atoms with Crippen LogP contribution in [0.1, 0.15) is 15.9 Å². The Morgan fingerprint density at radius 3 is 2.15 bits per heavy atom. The molecule has 0 unspecified atom stereocenters. The van der Waals surface area contributed by atoms with Gasteiger partial charge in [0.1, 0.15) is 0 Å². The molecule has 0 aliphatic rings. The number of amides is 2. The summed E-state index contributed by atoms with van der Waals surface area (Å²) in [5.41, 5.74) is 5.69. The fraction of sp³-hybridized carbons (Fsp3) is 0. The number of benzene rings is 3. The highest BCUT2D eigenvalue weighted by Gasteiger charge is 2.14. The van der Waals surface area contributed by atoms with Gasteiger partial charge in [-0.3, -0.25) is 25.2 Å². The molecule has 0 bridgehead atoms. The second kappa shape index (κ2) is 10.8. The quantitative estimate of drug-likeness (QED) is 0.286. The number of hydrazine groups is 1. The van der Waals surface area contributed by atoms with E-state index in [0.29, 0.717) is 15.6 Å². The summed E-state index contributed by atoms with van der Waals surface area (Å²) in [4.78, 5) is 24.3. The van der Waals surface area contributed by atoms with Gasteiger partial charge in [-0.1, -0.05) is 45.2 Å².